The molecule has 384 valence electrons. The molecule has 3 heterocycles. The maximum absolute atomic E-state index is 14.8. The third-order valence-corrected chi connectivity index (χ3v) is 13.9. The first-order valence-corrected chi connectivity index (χ1v) is 25.2. The molecule has 4 N–H and O–H groups in total. The highest BCUT2D eigenvalue weighted by molar-refractivity contribution is 6.30. The van der Waals surface area contributed by atoms with E-state index in [0.717, 1.165) is 27.9 Å². The number of benzene rings is 4. The van der Waals surface area contributed by atoms with E-state index in [1.807, 2.05) is 81.4 Å². The lowest BCUT2D eigenvalue weighted by Crippen LogP contribution is -2.58. The first-order valence-electron chi connectivity index (χ1n) is 24.4. The fraction of sp³-hybridized carbons (Fsp3) is 0.444. The number of piperidine rings is 1. The molecule has 0 spiro atoms. The van der Waals surface area contributed by atoms with Gasteiger partial charge in [-0.1, -0.05) is 80.4 Å². The van der Waals surface area contributed by atoms with Gasteiger partial charge >= 0.3 is 6.03 Å². The Kier molecular flexibility index (Phi) is 17.7. The van der Waals surface area contributed by atoms with Gasteiger partial charge in [0.1, 0.15) is 28.7 Å². The molecule has 1 fully saturated rings. The van der Waals surface area contributed by atoms with Crippen LogP contribution in [0.3, 0.4) is 0 Å². The molecule has 0 saturated carbocycles. The second-order valence-electron chi connectivity index (χ2n) is 19.2. The molecular formula is C54H65Cl2N7O9. The van der Waals surface area contributed by atoms with E-state index in [9.17, 15) is 24.0 Å². The molecule has 0 aliphatic carbocycles. The van der Waals surface area contributed by atoms with E-state index < -0.39 is 29.1 Å². The second kappa shape index (κ2) is 23.7. The highest BCUT2D eigenvalue weighted by atomic mass is 35.5. The third-order valence-electron chi connectivity index (χ3n) is 13.4. The van der Waals surface area contributed by atoms with Crippen LogP contribution in [-0.4, -0.2) is 117 Å². The normalized spacial score (nSPS) is 19.8. The predicted molar refractivity (Wildman–Crippen MR) is 277 cm³/mol. The fourth-order valence-corrected chi connectivity index (χ4v) is 9.54. The summed E-state index contributed by atoms with van der Waals surface area (Å²) >= 11 is 12.8. The molecule has 6 amide bonds. The zero-order chi connectivity index (χ0) is 51.6. The van der Waals surface area contributed by atoms with Gasteiger partial charge in [0.2, 0.25) is 17.7 Å². The third kappa shape index (κ3) is 12.1. The molecule has 4 aromatic carbocycles. The van der Waals surface area contributed by atoms with Gasteiger partial charge in [-0.2, -0.15) is 0 Å². The summed E-state index contributed by atoms with van der Waals surface area (Å²) in [5, 5.41) is 12.7. The van der Waals surface area contributed by atoms with Gasteiger partial charge < -0.3 is 39.8 Å². The number of hydrogen-bond acceptors (Lipinski definition) is 11. The van der Waals surface area contributed by atoms with Crippen molar-refractivity contribution in [3.05, 3.63) is 128 Å². The number of halogens is 2. The Morgan fingerprint density at radius 1 is 0.792 bits per heavy atom. The van der Waals surface area contributed by atoms with Crippen molar-refractivity contribution in [2.75, 3.05) is 71.2 Å². The van der Waals surface area contributed by atoms with Crippen molar-refractivity contribution in [1.82, 2.24) is 25.8 Å². The van der Waals surface area contributed by atoms with Crippen LogP contribution in [0.2, 0.25) is 10.0 Å². The molecule has 1 saturated heterocycles. The van der Waals surface area contributed by atoms with Gasteiger partial charge in [-0.15, -0.1) is 0 Å². The lowest BCUT2D eigenvalue weighted by atomic mass is 9.71. The molecule has 3 atom stereocenters. The zero-order valence-corrected chi connectivity index (χ0v) is 43.3. The number of nitrogens with zero attached hydrogens (tertiary/aromatic N) is 3. The quantitative estimate of drug-likeness (QED) is 0.0448. The maximum Gasteiger partial charge on any atom is 0.324 e. The van der Waals surface area contributed by atoms with E-state index in [4.69, 9.17) is 47.1 Å². The van der Waals surface area contributed by atoms with Crippen LogP contribution < -0.4 is 26.0 Å². The summed E-state index contributed by atoms with van der Waals surface area (Å²) < 4.78 is 23.3. The predicted octanol–water partition coefficient (Wildman–Crippen LogP) is 7.72. The maximum atomic E-state index is 14.8. The van der Waals surface area contributed by atoms with E-state index in [0.29, 0.717) is 85.4 Å². The monoisotopic (exact) mass is 1030 g/mol. The van der Waals surface area contributed by atoms with Crippen molar-refractivity contribution in [2.45, 2.75) is 89.9 Å². The topological polar surface area (TPSA) is 189 Å². The van der Waals surface area contributed by atoms with Crippen molar-refractivity contribution in [2.24, 2.45) is 4.99 Å². The Balaban J connectivity index is 0.856. The molecule has 16 nitrogen and oxygen atoms in total. The summed E-state index contributed by atoms with van der Waals surface area (Å²) in [4.78, 5) is 73.4. The summed E-state index contributed by atoms with van der Waals surface area (Å²) in [5.74, 6) is -0.182. The summed E-state index contributed by atoms with van der Waals surface area (Å²) in [6, 6.07) is 25.3. The number of amidine groups is 1. The van der Waals surface area contributed by atoms with Crippen LogP contribution in [-0.2, 0) is 51.6 Å². The largest absolute Gasteiger partial charge is 0.493 e. The van der Waals surface area contributed by atoms with Gasteiger partial charge in [0.25, 0.3) is 5.91 Å². The van der Waals surface area contributed by atoms with E-state index in [-0.39, 0.29) is 62.2 Å². The van der Waals surface area contributed by atoms with Crippen LogP contribution in [0, 0.1) is 0 Å². The Bertz CT molecular complexity index is 2640. The molecule has 72 heavy (non-hydrogen) atoms. The number of fused-ring (bicyclic) bond motifs is 1. The van der Waals surface area contributed by atoms with E-state index in [1.165, 1.54) is 4.90 Å². The zero-order valence-electron chi connectivity index (χ0n) is 41.8. The van der Waals surface area contributed by atoms with Gasteiger partial charge in [-0.25, -0.2) is 4.79 Å². The molecule has 18 heteroatoms. The van der Waals surface area contributed by atoms with Crippen LogP contribution in [0.5, 0.6) is 5.75 Å². The van der Waals surface area contributed by atoms with E-state index >= 15 is 0 Å². The number of aliphatic imine (C=N–C) groups is 1. The van der Waals surface area contributed by atoms with Crippen molar-refractivity contribution in [3.63, 3.8) is 0 Å². The number of carbonyl (C=O) groups is 5. The number of nitrogens with one attached hydrogen (secondary N) is 4. The number of carbonyl (C=O) groups excluding carboxylic acids is 5. The standard InChI is InChI=1S/C54H65Cl2N7O9/c1-7-72-45-33-37(52(2,3)4)15-20-41(45)48-61-53(5,35-11-16-38(55)17-12-35)54(6,36-13-18-39(56)19-14-36)63(48)51(68)59-25-24-58-46(64)23-27-69-29-31-71-32-30-70-28-26-57-43-10-8-9-40-42(43)34-62(50(40)67)44-21-22-47(65)60-49(44)66/h8-20,33,44,57H,7,21-32,34H2,1-6H3,(H,58,64)(H,59,68)(H,60,65,66)/t44?,53-,54+/m0/s1. The molecule has 3 aliphatic rings. The van der Waals surface area contributed by atoms with Crippen LogP contribution in [0.15, 0.2) is 89.9 Å². The molecule has 3 aliphatic heterocycles. The summed E-state index contributed by atoms with van der Waals surface area (Å²) in [5.41, 5.74) is 3.23. The number of hydrogen-bond donors (Lipinski definition) is 4. The molecular weight excluding hydrogens is 962 g/mol. The van der Waals surface area contributed by atoms with Gasteiger partial charge in [0.15, 0.2) is 0 Å². The number of ether oxygens (including phenoxy) is 4. The average molecular weight is 1030 g/mol. The van der Waals surface area contributed by atoms with Crippen LogP contribution in [0.4, 0.5) is 10.5 Å². The molecule has 0 radical (unpaired) electrons. The molecule has 4 aromatic rings. The smallest absolute Gasteiger partial charge is 0.324 e. The average Bonchev–Trinajstić information content (AvgIpc) is 3.81. The van der Waals surface area contributed by atoms with Crippen LogP contribution in [0.1, 0.15) is 99.0 Å². The molecule has 1 unspecified atom stereocenters. The van der Waals surface area contributed by atoms with Crippen molar-refractivity contribution >= 4 is 64.4 Å². The lowest BCUT2D eigenvalue weighted by molar-refractivity contribution is -0.137. The van der Waals surface area contributed by atoms with E-state index in [1.54, 1.807) is 29.2 Å². The number of urea groups is 1. The lowest BCUT2D eigenvalue weighted by Gasteiger charge is -2.45. The fourth-order valence-electron chi connectivity index (χ4n) is 9.29. The Hall–Kier alpha value is -6.04. The van der Waals surface area contributed by atoms with Gasteiger partial charge in [0, 0.05) is 65.9 Å². The van der Waals surface area contributed by atoms with Gasteiger partial charge in [-0.05, 0) is 97.8 Å². The summed E-state index contributed by atoms with van der Waals surface area (Å²) in [7, 11) is 0. The molecule has 0 bridgehead atoms. The number of imide groups is 1. The summed E-state index contributed by atoms with van der Waals surface area (Å²) in [6.45, 7) is 15.8. The minimum atomic E-state index is -1.10. The minimum absolute atomic E-state index is 0.125. The molecule has 7 rings (SSSR count). The number of amides is 6. The Labute approximate surface area is 431 Å². The number of rotatable bonds is 22. The van der Waals surface area contributed by atoms with Gasteiger partial charge in [0.05, 0.1) is 51.8 Å². The van der Waals surface area contributed by atoms with Crippen LogP contribution in [0.25, 0.3) is 0 Å². The number of anilines is 1. The molecule has 0 aromatic heterocycles. The first-order chi connectivity index (χ1) is 34.5. The highest BCUT2D eigenvalue weighted by Crippen LogP contribution is 2.54. The minimum Gasteiger partial charge on any atom is -0.493 e. The van der Waals surface area contributed by atoms with E-state index in [2.05, 4.69) is 42.0 Å². The van der Waals surface area contributed by atoms with Crippen molar-refractivity contribution in [3.8, 4) is 5.75 Å². The van der Waals surface area contributed by atoms with Crippen LogP contribution >= 0.6 is 23.2 Å². The van der Waals surface area contributed by atoms with Crippen molar-refractivity contribution in [1.29, 1.82) is 0 Å². The first kappa shape index (κ1) is 53.8. The van der Waals surface area contributed by atoms with Gasteiger partial charge in [-0.3, -0.25) is 34.4 Å². The SMILES string of the molecule is CCOc1cc(C(C)(C)C)ccc1C1=N[C@@](C)(c2ccc(Cl)cc2)[C@@](C)(c2ccc(Cl)cc2)N1C(=O)NCCNC(=O)CCOCCOCCOCCNc1cccc2c1CN(C1CCC(=O)NC1=O)C2=O. The Morgan fingerprint density at radius 2 is 1.43 bits per heavy atom. The second-order valence-corrected chi connectivity index (χ2v) is 20.0. The van der Waals surface area contributed by atoms with Crippen molar-refractivity contribution < 1.29 is 42.9 Å². The highest BCUT2D eigenvalue weighted by Gasteiger charge is 2.59. The Morgan fingerprint density at radius 3 is 2.08 bits per heavy atom. The summed E-state index contributed by atoms with van der Waals surface area (Å²) in [6.07, 6.45) is 0.633.